The molecule has 20 heavy (non-hydrogen) atoms. The minimum Gasteiger partial charge on any atom is -0.493 e. The summed E-state index contributed by atoms with van der Waals surface area (Å²) in [4.78, 5) is 0. The number of ether oxygens (including phenoxy) is 1. The lowest BCUT2D eigenvalue weighted by Crippen LogP contribution is -2.13. The Labute approximate surface area is 126 Å². The van der Waals surface area contributed by atoms with Gasteiger partial charge in [0.15, 0.2) is 0 Å². The minimum absolute atomic E-state index is 0.198. The van der Waals surface area contributed by atoms with Crippen molar-refractivity contribution in [3.8, 4) is 5.75 Å². The molecule has 0 bridgehead atoms. The molecule has 1 N–H and O–H groups in total. The van der Waals surface area contributed by atoms with Crippen LogP contribution in [0.15, 0.2) is 40.9 Å². The maximum absolute atomic E-state index is 13.1. The summed E-state index contributed by atoms with van der Waals surface area (Å²) in [6, 6.07) is 10.8. The fourth-order valence-corrected chi connectivity index (χ4v) is 3.02. The predicted molar refractivity (Wildman–Crippen MR) is 80.3 cm³/mol. The third-order valence-electron chi connectivity index (χ3n) is 3.36. The Hall–Kier alpha value is -1.39. The van der Waals surface area contributed by atoms with E-state index in [9.17, 15) is 4.39 Å². The van der Waals surface area contributed by atoms with E-state index >= 15 is 0 Å². The van der Waals surface area contributed by atoms with E-state index in [4.69, 9.17) is 4.74 Å². The molecule has 0 saturated carbocycles. The Morgan fingerprint density at radius 1 is 1.20 bits per heavy atom. The summed E-state index contributed by atoms with van der Waals surface area (Å²) in [5.41, 5.74) is 3.34. The van der Waals surface area contributed by atoms with Gasteiger partial charge in [-0.25, -0.2) is 4.39 Å². The van der Waals surface area contributed by atoms with Crippen LogP contribution in [0.4, 0.5) is 4.39 Å². The van der Waals surface area contributed by atoms with E-state index in [1.54, 1.807) is 12.1 Å². The summed E-state index contributed by atoms with van der Waals surface area (Å²) >= 11 is 3.53. The first kappa shape index (κ1) is 13.6. The summed E-state index contributed by atoms with van der Waals surface area (Å²) in [5.74, 6) is 0.802. The van der Waals surface area contributed by atoms with Crippen LogP contribution in [0.3, 0.4) is 0 Å². The van der Waals surface area contributed by atoms with Gasteiger partial charge in [0.1, 0.15) is 11.6 Å². The lowest BCUT2D eigenvalue weighted by molar-refractivity contribution is 0.352. The van der Waals surface area contributed by atoms with Gasteiger partial charge in [-0.2, -0.15) is 0 Å². The van der Waals surface area contributed by atoms with Gasteiger partial charge in [-0.1, -0.05) is 28.1 Å². The van der Waals surface area contributed by atoms with Gasteiger partial charge < -0.3 is 10.1 Å². The first-order valence-electron chi connectivity index (χ1n) is 6.61. The summed E-state index contributed by atoms with van der Waals surface area (Å²) in [7, 11) is 0. The number of benzene rings is 2. The smallest absolute Gasteiger partial charge is 0.127 e. The maximum atomic E-state index is 13.1. The third-order valence-corrected chi connectivity index (χ3v) is 3.82. The zero-order chi connectivity index (χ0) is 13.9. The Morgan fingerprint density at radius 2 is 2.10 bits per heavy atom. The summed E-state index contributed by atoms with van der Waals surface area (Å²) < 4.78 is 19.9. The summed E-state index contributed by atoms with van der Waals surface area (Å²) in [6.07, 6.45) is 0.964. The van der Waals surface area contributed by atoms with Crippen LogP contribution < -0.4 is 10.1 Å². The van der Waals surface area contributed by atoms with Gasteiger partial charge in [0.2, 0.25) is 0 Å². The molecule has 0 aliphatic carbocycles. The number of nitrogens with one attached hydrogen (secondary N) is 1. The highest BCUT2D eigenvalue weighted by molar-refractivity contribution is 9.10. The van der Waals surface area contributed by atoms with Crippen LogP contribution in [-0.4, -0.2) is 6.61 Å². The van der Waals surface area contributed by atoms with E-state index in [-0.39, 0.29) is 5.82 Å². The molecular formula is C16H15BrFNO. The molecule has 104 valence electrons. The van der Waals surface area contributed by atoms with Crippen molar-refractivity contribution < 1.29 is 9.13 Å². The Balaban J connectivity index is 1.67. The van der Waals surface area contributed by atoms with E-state index in [0.717, 1.165) is 34.4 Å². The zero-order valence-electron chi connectivity index (χ0n) is 11.0. The molecule has 2 aromatic carbocycles. The molecule has 1 aliphatic heterocycles. The second-order valence-electron chi connectivity index (χ2n) is 4.89. The van der Waals surface area contributed by atoms with Crippen LogP contribution in [0.5, 0.6) is 5.75 Å². The first-order chi connectivity index (χ1) is 9.72. The monoisotopic (exact) mass is 335 g/mol. The van der Waals surface area contributed by atoms with E-state index in [0.29, 0.717) is 13.1 Å². The standard InChI is InChI=1S/C16H15BrFNO/c17-14-7-12-4-5-20-16(12)13(8-14)10-19-9-11-2-1-3-15(18)6-11/h1-3,6-8,19H,4-5,9-10H2. The second kappa shape index (κ2) is 5.94. The molecule has 0 spiro atoms. The number of hydrogen-bond donors (Lipinski definition) is 1. The molecule has 2 nitrogen and oxygen atoms in total. The van der Waals surface area contributed by atoms with Gasteiger partial charge in [0.25, 0.3) is 0 Å². The predicted octanol–water partition coefficient (Wildman–Crippen LogP) is 3.81. The highest BCUT2D eigenvalue weighted by Crippen LogP contribution is 2.32. The van der Waals surface area contributed by atoms with Crippen molar-refractivity contribution in [2.75, 3.05) is 6.61 Å². The lowest BCUT2D eigenvalue weighted by Gasteiger charge is -2.10. The molecule has 0 saturated heterocycles. The van der Waals surface area contributed by atoms with Crippen molar-refractivity contribution >= 4 is 15.9 Å². The van der Waals surface area contributed by atoms with Gasteiger partial charge >= 0.3 is 0 Å². The van der Waals surface area contributed by atoms with Crippen molar-refractivity contribution in [2.45, 2.75) is 19.5 Å². The van der Waals surface area contributed by atoms with Crippen molar-refractivity contribution in [2.24, 2.45) is 0 Å². The van der Waals surface area contributed by atoms with E-state index in [2.05, 4.69) is 33.4 Å². The van der Waals surface area contributed by atoms with Crippen LogP contribution in [0.2, 0.25) is 0 Å². The molecule has 3 rings (SSSR count). The second-order valence-corrected chi connectivity index (χ2v) is 5.80. The summed E-state index contributed by atoms with van der Waals surface area (Å²) in [6.45, 7) is 2.10. The normalized spacial score (nSPS) is 13.1. The average Bonchev–Trinajstić information content (AvgIpc) is 2.87. The molecule has 0 amide bonds. The SMILES string of the molecule is Fc1cccc(CNCc2cc(Br)cc3c2OCC3)c1. The molecule has 1 heterocycles. The lowest BCUT2D eigenvalue weighted by atomic mass is 10.1. The minimum atomic E-state index is -0.198. The van der Waals surface area contributed by atoms with Crippen molar-refractivity contribution in [1.82, 2.24) is 5.32 Å². The van der Waals surface area contributed by atoms with Crippen molar-refractivity contribution in [1.29, 1.82) is 0 Å². The molecule has 2 aromatic rings. The first-order valence-corrected chi connectivity index (χ1v) is 7.41. The van der Waals surface area contributed by atoms with Gasteiger partial charge in [0, 0.05) is 29.5 Å². The van der Waals surface area contributed by atoms with Crippen LogP contribution >= 0.6 is 15.9 Å². The summed E-state index contributed by atoms with van der Waals surface area (Å²) in [5, 5.41) is 3.33. The Bertz CT molecular complexity index is 630. The Kier molecular flexibility index (Phi) is 4.03. The topological polar surface area (TPSA) is 21.3 Å². The zero-order valence-corrected chi connectivity index (χ0v) is 12.5. The molecule has 1 aliphatic rings. The largest absolute Gasteiger partial charge is 0.493 e. The Morgan fingerprint density at radius 3 is 2.95 bits per heavy atom. The number of fused-ring (bicyclic) bond motifs is 1. The third kappa shape index (κ3) is 3.02. The number of rotatable bonds is 4. The van der Waals surface area contributed by atoms with Crippen molar-refractivity contribution in [3.05, 3.63) is 63.4 Å². The molecule has 0 atom stereocenters. The highest BCUT2D eigenvalue weighted by atomic mass is 79.9. The van der Waals surface area contributed by atoms with Gasteiger partial charge in [0.05, 0.1) is 6.61 Å². The van der Waals surface area contributed by atoms with Gasteiger partial charge in [-0.3, -0.25) is 0 Å². The van der Waals surface area contributed by atoms with E-state index < -0.39 is 0 Å². The van der Waals surface area contributed by atoms with Crippen LogP contribution in [0, 0.1) is 5.82 Å². The molecule has 0 aromatic heterocycles. The highest BCUT2D eigenvalue weighted by Gasteiger charge is 2.16. The number of hydrogen-bond acceptors (Lipinski definition) is 2. The quantitative estimate of drug-likeness (QED) is 0.917. The van der Waals surface area contributed by atoms with Crippen LogP contribution in [-0.2, 0) is 19.5 Å². The molecule has 4 heteroatoms. The van der Waals surface area contributed by atoms with Crippen molar-refractivity contribution in [3.63, 3.8) is 0 Å². The molecule has 0 unspecified atom stereocenters. The van der Waals surface area contributed by atoms with E-state index in [1.807, 2.05) is 6.07 Å². The van der Waals surface area contributed by atoms with Crippen LogP contribution in [0.25, 0.3) is 0 Å². The fourth-order valence-electron chi connectivity index (χ4n) is 2.47. The van der Waals surface area contributed by atoms with Gasteiger partial charge in [-0.05, 0) is 35.4 Å². The molecular weight excluding hydrogens is 321 g/mol. The average molecular weight is 336 g/mol. The van der Waals surface area contributed by atoms with Gasteiger partial charge in [-0.15, -0.1) is 0 Å². The maximum Gasteiger partial charge on any atom is 0.127 e. The molecule has 0 radical (unpaired) electrons. The van der Waals surface area contributed by atoms with Crippen LogP contribution in [0.1, 0.15) is 16.7 Å². The van der Waals surface area contributed by atoms with E-state index in [1.165, 1.54) is 11.6 Å². The molecule has 0 fully saturated rings. The number of halogens is 2. The fraction of sp³-hybridized carbons (Fsp3) is 0.250.